The van der Waals surface area contributed by atoms with Crippen molar-refractivity contribution in [2.75, 3.05) is 19.8 Å². The van der Waals surface area contributed by atoms with Gasteiger partial charge in [-0.3, -0.25) is 0 Å². The number of ether oxygens (including phenoxy) is 2. The molecule has 0 spiro atoms. The zero-order valence-corrected chi connectivity index (χ0v) is 11.7. The van der Waals surface area contributed by atoms with Gasteiger partial charge < -0.3 is 19.9 Å². The van der Waals surface area contributed by atoms with Crippen molar-refractivity contribution in [3.05, 3.63) is 60.2 Å². The van der Waals surface area contributed by atoms with Gasteiger partial charge in [-0.1, -0.05) is 36.4 Å². The van der Waals surface area contributed by atoms with Gasteiger partial charge in [-0.25, -0.2) is 0 Å². The molecule has 0 aromatic heterocycles. The summed E-state index contributed by atoms with van der Waals surface area (Å²) in [5, 5.41) is 13.3. The molecule has 1 aliphatic rings. The Morgan fingerprint density at radius 2 is 1.90 bits per heavy atom. The molecule has 0 aliphatic carbocycles. The molecule has 4 nitrogen and oxygen atoms in total. The van der Waals surface area contributed by atoms with Crippen LogP contribution in [0.1, 0.15) is 11.6 Å². The molecule has 0 fully saturated rings. The Balaban J connectivity index is 1.45. The molecule has 0 bridgehead atoms. The molecule has 1 aliphatic heterocycles. The maximum Gasteiger partial charge on any atom is 0.124 e. The zero-order valence-electron chi connectivity index (χ0n) is 11.7. The molecule has 0 amide bonds. The number of aliphatic hydroxyl groups is 1. The van der Waals surface area contributed by atoms with Gasteiger partial charge in [-0.05, 0) is 18.2 Å². The van der Waals surface area contributed by atoms with Crippen molar-refractivity contribution in [2.45, 2.75) is 12.1 Å². The number of nitrogens with one attached hydrogen (secondary N) is 1. The van der Waals surface area contributed by atoms with Crippen molar-refractivity contribution in [2.24, 2.45) is 0 Å². The van der Waals surface area contributed by atoms with Crippen molar-refractivity contribution in [1.82, 2.24) is 5.32 Å². The van der Waals surface area contributed by atoms with E-state index >= 15 is 0 Å². The Bertz CT molecular complexity index is 573. The van der Waals surface area contributed by atoms with Crippen LogP contribution in [0.4, 0.5) is 0 Å². The highest BCUT2D eigenvalue weighted by molar-refractivity contribution is 5.39. The molecule has 110 valence electrons. The fourth-order valence-corrected chi connectivity index (χ4v) is 2.38. The highest BCUT2D eigenvalue weighted by Crippen LogP contribution is 2.31. The van der Waals surface area contributed by atoms with Gasteiger partial charge in [0.2, 0.25) is 0 Å². The molecule has 4 heteroatoms. The topological polar surface area (TPSA) is 50.7 Å². The van der Waals surface area contributed by atoms with Gasteiger partial charge in [0.05, 0.1) is 6.04 Å². The van der Waals surface area contributed by atoms with Crippen LogP contribution >= 0.6 is 0 Å². The Morgan fingerprint density at radius 3 is 2.76 bits per heavy atom. The third-order valence-electron chi connectivity index (χ3n) is 3.49. The van der Waals surface area contributed by atoms with Crippen molar-refractivity contribution in [3.8, 4) is 11.5 Å². The number of aliphatic hydroxyl groups excluding tert-OH is 1. The third kappa shape index (κ3) is 3.54. The fourth-order valence-electron chi connectivity index (χ4n) is 2.38. The maximum atomic E-state index is 9.99. The van der Waals surface area contributed by atoms with Gasteiger partial charge in [-0.2, -0.15) is 0 Å². The minimum absolute atomic E-state index is 0.132. The van der Waals surface area contributed by atoms with E-state index in [4.69, 9.17) is 9.47 Å². The van der Waals surface area contributed by atoms with Gasteiger partial charge in [0.25, 0.3) is 0 Å². The van der Waals surface area contributed by atoms with Crippen LogP contribution in [0.15, 0.2) is 54.6 Å². The molecule has 2 atom stereocenters. The molecule has 2 aromatic carbocycles. The molecule has 2 unspecified atom stereocenters. The molecule has 2 aromatic rings. The molecule has 1 heterocycles. The van der Waals surface area contributed by atoms with Crippen LogP contribution < -0.4 is 14.8 Å². The molecule has 0 saturated heterocycles. The van der Waals surface area contributed by atoms with Crippen LogP contribution in [0.25, 0.3) is 0 Å². The first-order valence-electron chi connectivity index (χ1n) is 7.14. The number of benzene rings is 2. The highest BCUT2D eigenvalue weighted by atomic mass is 16.5. The summed E-state index contributed by atoms with van der Waals surface area (Å²) in [5.41, 5.74) is 1.15. The molecule has 21 heavy (non-hydrogen) atoms. The quantitative estimate of drug-likeness (QED) is 0.854. The second-order valence-corrected chi connectivity index (χ2v) is 5.09. The van der Waals surface area contributed by atoms with Crippen LogP contribution in [-0.2, 0) is 0 Å². The molecule has 2 N–H and O–H groups in total. The molecular formula is C17H19NO3. The lowest BCUT2D eigenvalue weighted by atomic mass is 10.1. The van der Waals surface area contributed by atoms with Crippen molar-refractivity contribution in [3.63, 3.8) is 0 Å². The monoisotopic (exact) mass is 285 g/mol. The number of para-hydroxylation sites is 2. The standard InChI is InChI=1S/C17H19NO3/c19-13(11-20-14-6-2-1-3-7-14)10-18-16-12-21-17-9-5-4-8-15(16)17/h1-9,13,16,18-19H,10-12H2. The largest absolute Gasteiger partial charge is 0.491 e. The second-order valence-electron chi connectivity index (χ2n) is 5.09. The smallest absolute Gasteiger partial charge is 0.124 e. The number of rotatable bonds is 6. The van der Waals surface area contributed by atoms with Crippen LogP contribution in [-0.4, -0.2) is 31.0 Å². The van der Waals surface area contributed by atoms with E-state index in [2.05, 4.69) is 5.32 Å². The molecule has 3 rings (SSSR count). The first-order chi connectivity index (χ1) is 10.3. The van der Waals surface area contributed by atoms with Gasteiger partial charge in [0, 0.05) is 12.1 Å². The van der Waals surface area contributed by atoms with E-state index in [0.717, 1.165) is 17.1 Å². The lowest BCUT2D eigenvalue weighted by Gasteiger charge is -2.16. The Labute approximate surface area is 124 Å². The van der Waals surface area contributed by atoms with E-state index in [1.165, 1.54) is 0 Å². The average molecular weight is 285 g/mol. The lowest BCUT2D eigenvalue weighted by Crippen LogP contribution is -2.34. The maximum absolute atomic E-state index is 9.99. The normalized spacial score (nSPS) is 17.9. The van der Waals surface area contributed by atoms with Gasteiger partial charge in [0.1, 0.15) is 30.8 Å². The summed E-state index contributed by atoms with van der Waals surface area (Å²) in [6, 6.07) is 17.6. The van der Waals surface area contributed by atoms with E-state index in [0.29, 0.717) is 13.2 Å². The summed E-state index contributed by atoms with van der Waals surface area (Å²) < 4.78 is 11.1. The fraction of sp³-hybridized carbons (Fsp3) is 0.294. The van der Waals surface area contributed by atoms with E-state index in [1.807, 2.05) is 54.6 Å². The van der Waals surface area contributed by atoms with E-state index in [9.17, 15) is 5.11 Å². The van der Waals surface area contributed by atoms with Gasteiger partial charge in [-0.15, -0.1) is 0 Å². The lowest BCUT2D eigenvalue weighted by molar-refractivity contribution is 0.102. The van der Waals surface area contributed by atoms with E-state index in [-0.39, 0.29) is 12.6 Å². The van der Waals surface area contributed by atoms with Crippen molar-refractivity contribution in [1.29, 1.82) is 0 Å². The first-order valence-corrected chi connectivity index (χ1v) is 7.14. The molecule has 0 saturated carbocycles. The summed E-state index contributed by atoms with van der Waals surface area (Å²) in [6.07, 6.45) is -0.557. The summed E-state index contributed by atoms with van der Waals surface area (Å²) >= 11 is 0. The highest BCUT2D eigenvalue weighted by Gasteiger charge is 2.23. The number of hydrogen-bond acceptors (Lipinski definition) is 4. The third-order valence-corrected chi connectivity index (χ3v) is 3.49. The van der Waals surface area contributed by atoms with Crippen LogP contribution in [0.2, 0.25) is 0 Å². The van der Waals surface area contributed by atoms with Crippen LogP contribution in [0.3, 0.4) is 0 Å². The summed E-state index contributed by atoms with van der Waals surface area (Å²) in [6.45, 7) is 1.34. The van der Waals surface area contributed by atoms with Crippen molar-refractivity contribution < 1.29 is 14.6 Å². The van der Waals surface area contributed by atoms with Gasteiger partial charge >= 0.3 is 0 Å². The van der Waals surface area contributed by atoms with Crippen LogP contribution in [0, 0.1) is 0 Å². The minimum Gasteiger partial charge on any atom is -0.491 e. The molecular weight excluding hydrogens is 266 g/mol. The molecule has 0 radical (unpaired) electrons. The number of fused-ring (bicyclic) bond motifs is 1. The first kappa shape index (κ1) is 13.9. The predicted octanol–water partition coefficient (Wildman–Crippen LogP) is 2.15. The minimum atomic E-state index is -0.557. The number of hydrogen-bond donors (Lipinski definition) is 2. The Kier molecular flexibility index (Phi) is 4.38. The Morgan fingerprint density at radius 1 is 1.14 bits per heavy atom. The summed E-state index contributed by atoms with van der Waals surface area (Å²) in [5.74, 6) is 1.69. The average Bonchev–Trinajstić information content (AvgIpc) is 2.95. The Hall–Kier alpha value is -2.04. The summed E-state index contributed by atoms with van der Waals surface area (Å²) in [4.78, 5) is 0. The SMILES string of the molecule is OC(CNC1COc2ccccc21)COc1ccccc1. The van der Waals surface area contributed by atoms with E-state index in [1.54, 1.807) is 0 Å². The predicted molar refractivity (Wildman–Crippen MR) is 80.6 cm³/mol. The van der Waals surface area contributed by atoms with Gasteiger partial charge in [0.15, 0.2) is 0 Å². The summed E-state index contributed by atoms with van der Waals surface area (Å²) in [7, 11) is 0. The second kappa shape index (κ2) is 6.61. The van der Waals surface area contributed by atoms with Crippen molar-refractivity contribution >= 4 is 0 Å². The van der Waals surface area contributed by atoms with Crippen LogP contribution in [0.5, 0.6) is 11.5 Å². The zero-order chi connectivity index (χ0) is 14.5. The van der Waals surface area contributed by atoms with E-state index < -0.39 is 6.10 Å².